The Hall–Kier alpha value is -3.82. The van der Waals surface area contributed by atoms with Crippen molar-refractivity contribution in [1.29, 1.82) is 0 Å². The van der Waals surface area contributed by atoms with Crippen molar-refractivity contribution >= 4 is 39.1 Å². The number of carboxylic acid groups (broad SMARTS) is 1. The number of halogens is 5. The van der Waals surface area contributed by atoms with Crippen LogP contribution in [0.4, 0.5) is 38.3 Å². The van der Waals surface area contributed by atoms with E-state index in [0.29, 0.717) is 6.20 Å². The molecule has 1 aliphatic rings. The summed E-state index contributed by atoms with van der Waals surface area (Å²) in [5.74, 6) is -5.16. The number of benzene rings is 1. The van der Waals surface area contributed by atoms with E-state index in [9.17, 15) is 40.5 Å². The Kier molecular flexibility index (Phi) is 9.25. The van der Waals surface area contributed by atoms with Crippen molar-refractivity contribution in [2.24, 2.45) is 4.36 Å². The standard InChI is InChI=1S/C25H28F5N5O5S/c1-14-18(25(28,29)30)13-31-20(35-10-5-8-24(26,27)9-11-35)19(14)22(37)33-16-6-4-7-17(12-16)41(3,40)34-21(36)15(2)32-23(38)39/h4,6-7,12-13,15,32H,5,8-11H2,1-3H3,(H,33,37)(H,38,39). The molecule has 3 rings (SSSR count). The summed E-state index contributed by atoms with van der Waals surface area (Å²) in [5.41, 5.74) is -2.09. The fourth-order valence-electron chi connectivity index (χ4n) is 4.22. The molecule has 2 heterocycles. The third kappa shape index (κ3) is 7.89. The number of aromatic nitrogens is 1. The molecule has 1 aromatic carbocycles. The fraction of sp³-hybridized carbons (Fsp3) is 0.440. The van der Waals surface area contributed by atoms with Gasteiger partial charge in [0.15, 0.2) is 0 Å². The molecule has 0 aliphatic carbocycles. The predicted octanol–water partition coefficient (Wildman–Crippen LogP) is 4.93. The quantitative estimate of drug-likeness (QED) is 0.397. The van der Waals surface area contributed by atoms with Crippen LogP contribution < -0.4 is 15.5 Å². The highest BCUT2D eigenvalue weighted by molar-refractivity contribution is 7.93. The molecule has 2 unspecified atom stereocenters. The minimum Gasteiger partial charge on any atom is -0.465 e. The van der Waals surface area contributed by atoms with Crippen LogP contribution in [-0.4, -0.2) is 63.5 Å². The molecule has 16 heteroatoms. The van der Waals surface area contributed by atoms with E-state index in [0.717, 1.165) is 13.2 Å². The number of rotatable bonds is 6. The van der Waals surface area contributed by atoms with Crippen LogP contribution in [0, 0.1) is 6.92 Å². The molecule has 224 valence electrons. The molecule has 41 heavy (non-hydrogen) atoms. The molecule has 10 nitrogen and oxygen atoms in total. The lowest BCUT2D eigenvalue weighted by Crippen LogP contribution is -2.37. The van der Waals surface area contributed by atoms with Crippen LogP contribution in [0.5, 0.6) is 0 Å². The lowest BCUT2D eigenvalue weighted by atomic mass is 10.0. The van der Waals surface area contributed by atoms with E-state index in [1.54, 1.807) is 0 Å². The molecule has 1 aliphatic heterocycles. The second-order valence-electron chi connectivity index (χ2n) is 9.57. The van der Waals surface area contributed by atoms with Gasteiger partial charge >= 0.3 is 12.3 Å². The number of alkyl halides is 5. The lowest BCUT2D eigenvalue weighted by molar-refractivity contribution is -0.138. The number of amides is 3. The number of hydrogen-bond donors (Lipinski definition) is 3. The van der Waals surface area contributed by atoms with Gasteiger partial charge in [-0.25, -0.2) is 22.8 Å². The Morgan fingerprint density at radius 3 is 2.51 bits per heavy atom. The van der Waals surface area contributed by atoms with Crippen LogP contribution in [0.1, 0.15) is 47.7 Å². The summed E-state index contributed by atoms with van der Waals surface area (Å²) in [7, 11) is -3.44. The second kappa shape index (κ2) is 12.0. The van der Waals surface area contributed by atoms with Gasteiger partial charge in [0, 0.05) is 49.0 Å². The Morgan fingerprint density at radius 1 is 1.20 bits per heavy atom. The molecular weight excluding hydrogens is 577 g/mol. The van der Waals surface area contributed by atoms with Crippen LogP contribution in [0.25, 0.3) is 0 Å². The summed E-state index contributed by atoms with van der Waals surface area (Å²) in [6, 6.07) is 3.97. The summed E-state index contributed by atoms with van der Waals surface area (Å²) in [5, 5.41) is 13.1. The molecule has 0 radical (unpaired) electrons. The zero-order chi connectivity index (χ0) is 30.8. The van der Waals surface area contributed by atoms with E-state index in [1.165, 1.54) is 36.1 Å². The van der Waals surface area contributed by atoms with Crippen molar-refractivity contribution in [2.75, 3.05) is 29.6 Å². The third-order valence-corrected chi connectivity index (χ3v) is 8.03. The van der Waals surface area contributed by atoms with Gasteiger partial charge in [-0.15, -0.1) is 0 Å². The normalized spacial score (nSPS) is 17.5. The molecule has 3 amide bonds. The first-order valence-electron chi connectivity index (χ1n) is 12.3. The summed E-state index contributed by atoms with van der Waals surface area (Å²) < 4.78 is 85.7. The van der Waals surface area contributed by atoms with E-state index >= 15 is 0 Å². The maximum Gasteiger partial charge on any atom is 0.418 e. The average Bonchev–Trinajstić information content (AvgIpc) is 3.02. The van der Waals surface area contributed by atoms with Gasteiger partial charge in [0.05, 0.1) is 20.9 Å². The molecular formula is C25H28F5N5O5S. The molecule has 1 fully saturated rings. The zero-order valence-electron chi connectivity index (χ0n) is 22.2. The SMILES string of the molecule is Cc1c(C(F)(F)F)cnc(N2CCCC(F)(F)CC2)c1C(=O)Nc1cccc(S(C)(=O)=NC(=O)C(C)NC(=O)O)c1. The Bertz CT molecular complexity index is 1470. The smallest absolute Gasteiger partial charge is 0.418 e. The number of anilines is 2. The number of nitrogens with one attached hydrogen (secondary N) is 2. The molecule has 1 saturated heterocycles. The highest BCUT2D eigenvalue weighted by Gasteiger charge is 2.38. The van der Waals surface area contributed by atoms with Crippen LogP contribution in [0.3, 0.4) is 0 Å². The van der Waals surface area contributed by atoms with Crippen LogP contribution >= 0.6 is 0 Å². The average molecular weight is 606 g/mol. The summed E-state index contributed by atoms with van der Waals surface area (Å²) in [6.07, 6.45) is -5.58. The highest BCUT2D eigenvalue weighted by atomic mass is 32.2. The number of nitrogens with zero attached hydrogens (tertiary/aromatic N) is 3. The molecule has 0 saturated carbocycles. The maximum absolute atomic E-state index is 14.0. The Morgan fingerprint density at radius 2 is 1.88 bits per heavy atom. The van der Waals surface area contributed by atoms with Gasteiger partial charge in [0.2, 0.25) is 5.92 Å². The second-order valence-corrected chi connectivity index (χ2v) is 11.8. The minimum atomic E-state index is -4.84. The first-order chi connectivity index (χ1) is 18.9. The van der Waals surface area contributed by atoms with Gasteiger partial charge < -0.3 is 20.6 Å². The van der Waals surface area contributed by atoms with Gasteiger partial charge in [-0.3, -0.25) is 9.59 Å². The van der Waals surface area contributed by atoms with Crippen LogP contribution in [0.2, 0.25) is 0 Å². The monoisotopic (exact) mass is 605 g/mol. The largest absolute Gasteiger partial charge is 0.465 e. The van der Waals surface area contributed by atoms with E-state index in [1.807, 2.05) is 5.32 Å². The van der Waals surface area contributed by atoms with Gasteiger partial charge in [0.25, 0.3) is 11.8 Å². The first kappa shape index (κ1) is 31.7. The van der Waals surface area contributed by atoms with Crippen molar-refractivity contribution in [3.8, 4) is 0 Å². The minimum absolute atomic E-state index is 0.00778. The third-order valence-electron chi connectivity index (χ3n) is 6.37. The Labute approximate surface area is 232 Å². The van der Waals surface area contributed by atoms with Gasteiger partial charge in [-0.1, -0.05) is 6.07 Å². The van der Waals surface area contributed by atoms with Crippen molar-refractivity contribution in [3.63, 3.8) is 0 Å². The molecule has 0 spiro atoms. The molecule has 2 atom stereocenters. The molecule has 1 aromatic heterocycles. The first-order valence-corrected chi connectivity index (χ1v) is 14.2. The summed E-state index contributed by atoms with van der Waals surface area (Å²) in [4.78, 5) is 41.6. The molecule has 0 bridgehead atoms. The van der Waals surface area contributed by atoms with Gasteiger partial charge in [0.1, 0.15) is 11.9 Å². The predicted molar refractivity (Wildman–Crippen MR) is 140 cm³/mol. The number of hydrogen-bond acceptors (Lipinski definition) is 6. The van der Waals surface area contributed by atoms with Crippen LogP contribution in [-0.2, 0) is 20.7 Å². The maximum atomic E-state index is 14.0. The van der Waals surface area contributed by atoms with Gasteiger partial charge in [-0.05, 0) is 44.0 Å². The van der Waals surface area contributed by atoms with E-state index in [4.69, 9.17) is 5.11 Å². The highest BCUT2D eigenvalue weighted by Crippen LogP contribution is 2.37. The number of pyridine rings is 1. The topological polar surface area (TPSA) is 141 Å². The number of carbonyl (C=O) groups is 3. The number of carbonyl (C=O) groups excluding carboxylic acids is 2. The van der Waals surface area contributed by atoms with Crippen molar-refractivity contribution in [2.45, 2.75) is 56.1 Å². The summed E-state index contributed by atoms with van der Waals surface area (Å²) in [6.45, 7) is 2.11. The molecule has 3 N–H and O–H groups in total. The fourth-order valence-corrected chi connectivity index (χ4v) is 5.50. The summed E-state index contributed by atoms with van der Waals surface area (Å²) >= 11 is 0. The molecule has 2 aromatic rings. The Balaban J connectivity index is 1.99. The van der Waals surface area contributed by atoms with Crippen molar-refractivity contribution < 1.29 is 45.7 Å². The van der Waals surface area contributed by atoms with E-state index in [2.05, 4.69) is 14.7 Å². The lowest BCUT2D eigenvalue weighted by Gasteiger charge is -2.26. The van der Waals surface area contributed by atoms with Crippen molar-refractivity contribution in [3.05, 3.63) is 47.2 Å². The van der Waals surface area contributed by atoms with Crippen molar-refractivity contribution in [1.82, 2.24) is 10.3 Å². The van der Waals surface area contributed by atoms with E-state index < -0.39 is 75.3 Å². The van der Waals surface area contributed by atoms with E-state index in [-0.39, 0.29) is 35.9 Å². The van der Waals surface area contributed by atoms with Crippen LogP contribution in [0.15, 0.2) is 39.7 Å². The van der Waals surface area contributed by atoms with Gasteiger partial charge in [-0.2, -0.15) is 17.5 Å². The zero-order valence-corrected chi connectivity index (χ0v) is 23.0.